The van der Waals surface area contributed by atoms with Crippen LogP contribution in [0, 0.1) is 25.7 Å². The minimum atomic E-state index is -2.76. The second-order valence-electron chi connectivity index (χ2n) is 10.7. The molecular formula is C29H29F2N5O2S. The molecule has 0 unspecified atom stereocenters. The molecule has 2 fully saturated rings. The Hall–Kier alpha value is -3.66. The number of halogens is 2. The number of aryl methyl sites for hydroxylation is 2. The molecule has 1 N–H and O–H groups in total. The molecule has 2 aromatic carbocycles. The number of hydrogen-bond acceptors (Lipinski definition) is 5. The molecule has 0 bridgehead atoms. The molecule has 6 rings (SSSR count). The summed E-state index contributed by atoms with van der Waals surface area (Å²) >= 11 is 1.39. The standard InChI is InChI=1S/C29H29F2N5O2S/c1-16-7-6-9-19(17(16)2)27-33-22(15-39-27)28(38)36-14-18-11-29(30,31)12-21(18)24(36)13-32-26(37)25-20-8-4-5-10-23(20)35(3)34-25/h4-10,15,18,21,24H,11-14H2,1-3H3,(H,32,37)/t18-,21-,24+/m0/s1. The molecule has 7 nitrogen and oxygen atoms in total. The van der Waals surface area contributed by atoms with Gasteiger partial charge in [0.2, 0.25) is 5.92 Å². The minimum Gasteiger partial charge on any atom is -0.349 e. The Balaban J connectivity index is 1.25. The number of para-hydroxylation sites is 1. The van der Waals surface area contributed by atoms with Gasteiger partial charge in [-0.15, -0.1) is 11.3 Å². The van der Waals surface area contributed by atoms with Crippen molar-refractivity contribution >= 4 is 34.1 Å². The molecule has 1 aliphatic carbocycles. The number of hydrogen-bond donors (Lipinski definition) is 1. The number of carbonyl (C=O) groups is 2. The van der Waals surface area contributed by atoms with Gasteiger partial charge in [0.1, 0.15) is 10.7 Å². The normalized spacial score (nSPS) is 21.9. The van der Waals surface area contributed by atoms with Crippen LogP contribution in [0.3, 0.4) is 0 Å². The van der Waals surface area contributed by atoms with Gasteiger partial charge in [-0.2, -0.15) is 5.10 Å². The van der Waals surface area contributed by atoms with Gasteiger partial charge in [-0.05, 0) is 42.9 Å². The average molecular weight is 550 g/mol. The zero-order valence-electron chi connectivity index (χ0n) is 21.9. The van der Waals surface area contributed by atoms with Gasteiger partial charge in [0, 0.05) is 49.3 Å². The molecule has 1 saturated carbocycles. The van der Waals surface area contributed by atoms with Crippen molar-refractivity contribution in [1.29, 1.82) is 0 Å². The van der Waals surface area contributed by atoms with Crippen LogP contribution in [0.4, 0.5) is 8.78 Å². The van der Waals surface area contributed by atoms with E-state index in [1.807, 2.05) is 56.3 Å². The molecule has 0 spiro atoms. The van der Waals surface area contributed by atoms with Gasteiger partial charge in [-0.1, -0.05) is 36.4 Å². The number of aromatic nitrogens is 3. The predicted molar refractivity (Wildman–Crippen MR) is 146 cm³/mol. The molecule has 202 valence electrons. The summed E-state index contributed by atoms with van der Waals surface area (Å²) in [5, 5.41) is 10.5. The van der Waals surface area contributed by atoms with Crippen LogP contribution in [-0.2, 0) is 7.05 Å². The maximum absolute atomic E-state index is 14.4. The van der Waals surface area contributed by atoms with Crippen LogP contribution in [0.1, 0.15) is 44.9 Å². The molecule has 0 radical (unpaired) electrons. The highest BCUT2D eigenvalue weighted by molar-refractivity contribution is 7.13. The van der Waals surface area contributed by atoms with Crippen LogP contribution in [0.2, 0.25) is 0 Å². The van der Waals surface area contributed by atoms with Crippen molar-refractivity contribution in [2.24, 2.45) is 18.9 Å². The summed E-state index contributed by atoms with van der Waals surface area (Å²) in [5.74, 6) is -4.16. The number of thiazole rings is 1. The maximum Gasteiger partial charge on any atom is 0.273 e. The van der Waals surface area contributed by atoms with E-state index in [-0.39, 0.29) is 43.5 Å². The van der Waals surface area contributed by atoms with Crippen LogP contribution >= 0.6 is 11.3 Å². The van der Waals surface area contributed by atoms with E-state index in [9.17, 15) is 18.4 Å². The quantitative estimate of drug-likeness (QED) is 0.370. The Morgan fingerprint density at radius 3 is 2.74 bits per heavy atom. The fourth-order valence-corrected chi connectivity index (χ4v) is 7.06. The second kappa shape index (κ2) is 9.51. The van der Waals surface area contributed by atoms with E-state index in [2.05, 4.69) is 15.4 Å². The lowest BCUT2D eigenvalue weighted by molar-refractivity contribution is -0.00609. The first kappa shape index (κ1) is 25.6. The first-order chi connectivity index (χ1) is 18.6. The molecule has 39 heavy (non-hydrogen) atoms. The van der Waals surface area contributed by atoms with E-state index in [1.165, 1.54) is 11.3 Å². The number of rotatable bonds is 5. The van der Waals surface area contributed by atoms with Gasteiger partial charge in [-0.25, -0.2) is 13.8 Å². The van der Waals surface area contributed by atoms with E-state index in [1.54, 1.807) is 22.0 Å². The number of alkyl halides is 2. The van der Waals surface area contributed by atoms with Gasteiger partial charge in [0.25, 0.3) is 11.8 Å². The fourth-order valence-electron chi connectivity index (χ4n) is 6.18. The molecule has 3 heterocycles. The van der Waals surface area contributed by atoms with Crippen molar-refractivity contribution < 1.29 is 18.4 Å². The van der Waals surface area contributed by atoms with Crippen LogP contribution in [0.15, 0.2) is 47.8 Å². The first-order valence-electron chi connectivity index (χ1n) is 13.0. The molecule has 2 aliphatic rings. The molecule has 2 amide bonds. The zero-order chi connectivity index (χ0) is 27.5. The Bertz CT molecular complexity index is 1600. The van der Waals surface area contributed by atoms with Crippen molar-refractivity contribution in [3.05, 3.63) is 70.4 Å². The number of fused-ring (bicyclic) bond motifs is 2. The number of nitrogens with one attached hydrogen (secondary N) is 1. The largest absolute Gasteiger partial charge is 0.349 e. The summed E-state index contributed by atoms with van der Waals surface area (Å²) in [4.78, 5) is 33.1. The lowest BCUT2D eigenvalue weighted by Crippen LogP contribution is -2.46. The summed E-state index contributed by atoms with van der Waals surface area (Å²) in [5.41, 5.74) is 4.61. The number of benzene rings is 2. The molecule has 4 aromatic rings. The van der Waals surface area contributed by atoms with Crippen LogP contribution in [0.25, 0.3) is 21.5 Å². The summed E-state index contributed by atoms with van der Waals surface area (Å²) < 4.78 is 30.4. The van der Waals surface area contributed by atoms with Crippen LogP contribution in [0.5, 0.6) is 0 Å². The van der Waals surface area contributed by atoms with Crippen molar-refractivity contribution in [3.8, 4) is 10.6 Å². The average Bonchev–Trinajstić information content (AvgIpc) is 3.66. The Labute approximate surface area is 228 Å². The monoisotopic (exact) mass is 549 g/mol. The van der Waals surface area contributed by atoms with Crippen molar-refractivity contribution in [1.82, 2.24) is 25.0 Å². The van der Waals surface area contributed by atoms with Gasteiger partial charge in [-0.3, -0.25) is 14.3 Å². The van der Waals surface area contributed by atoms with E-state index in [0.717, 1.165) is 27.2 Å². The summed E-state index contributed by atoms with van der Waals surface area (Å²) in [6, 6.07) is 12.8. The maximum atomic E-state index is 14.4. The number of amides is 2. The first-order valence-corrected chi connectivity index (χ1v) is 13.9. The van der Waals surface area contributed by atoms with E-state index >= 15 is 0 Å². The molecule has 3 atom stereocenters. The van der Waals surface area contributed by atoms with Gasteiger partial charge >= 0.3 is 0 Å². The highest BCUT2D eigenvalue weighted by Gasteiger charge is 2.55. The molecule has 2 aromatic heterocycles. The highest BCUT2D eigenvalue weighted by atomic mass is 32.1. The van der Waals surface area contributed by atoms with Crippen LogP contribution in [-0.4, -0.2) is 56.5 Å². The van der Waals surface area contributed by atoms with Crippen molar-refractivity contribution in [2.45, 2.75) is 38.7 Å². The molecule has 1 saturated heterocycles. The molecule has 10 heteroatoms. The Morgan fingerprint density at radius 1 is 1.13 bits per heavy atom. The highest BCUT2D eigenvalue weighted by Crippen LogP contribution is 2.50. The summed E-state index contributed by atoms with van der Waals surface area (Å²) in [6.07, 6.45) is -0.541. The van der Waals surface area contributed by atoms with E-state index in [4.69, 9.17) is 0 Å². The van der Waals surface area contributed by atoms with Gasteiger partial charge in [0.15, 0.2) is 5.69 Å². The summed E-state index contributed by atoms with van der Waals surface area (Å²) in [7, 11) is 1.77. The van der Waals surface area contributed by atoms with E-state index < -0.39 is 23.8 Å². The van der Waals surface area contributed by atoms with Crippen molar-refractivity contribution in [2.75, 3.05) is 13.1 Å². The molecular weight excluding hydrogens is 520 g/mol. The Morgan fingerprint density at radius 2 is 1.92 bits per heavy atom. The smallest absolute Gasteiger partial charge is 0.273 e. The fraction of sp³-hybridized carbons (Fsp3) is 0.379. The molecule has 1 aliphatic heterocycles. The number of likely N-dealkylation sites (tertiary alicyclic amines) is 1. The van der Waals surface area contributed by atoms with Gasteiger partial charge in [0.05, 0.1) is 11.6 Å². The number of nitrogens with zero attached hydrogens (tertiary/aromatic N) is 4. The third-order valence-corrected chi connectivity index (χ3v) is 9.17. The van der Waals surface area contributed by atoms with E-state index in [0.29, 0.717) is 11.1 Å². The topological polar surface area (TPSA) is 80.1 Å². The predicted octanol–water partition coefficient (Wildman–Crippen LogP) is 5.23. The minimum absolute atomic E-state index is 0.0701. The lowest BCUT2D eigenvalue weighted by Gasteiger charge is -2.28. The number of carbonyl (C=O) groups excluding carboxylic acids is 2. The SMILES string of the molecule is Cc1cccc(-c2nc(C(=O)N3C[C@@H]4CC(F)(F)C[C@@H]4[C@H]3CNC(=O)c3nn(C)c4ccccc34)cs2)c1C. The van der Waals surface area contributed by atoms with Gasteiger partial charge < -0.3 is 10.2 Å². The lowest BCUT2D eigenvalue weighted by atomic mass is 9.94. The zero-order valence-corrected chi connectivity index (χ0v) is 22.8. The van der Waals surface area contributed by atoms with Crippen LogP contribution < -0.4 is 5.32 Å². The Kier molecular flexibility index (Phi) is 6.25. The second-order valence-corrected chi connectivity index (χ2v) is 11.6. The summed E-state index contributed by atoms with van der Waals surface area (Å²) in [6.45, 7) is 4.35. The van der Waals surface area contributed by atoms with Crippen molar-refractivity contribution in [3.63, 3.8) is 0 Å². The third kappa shape index (κ3) is 4.50. The third-order valence-electron chi connectivity index (χ3n) is 8.29.